The van der Waals surface area contributed by atoms with E-state index in [1.54, 1.807) is 0 Å². The summed E-state index contributed by atoms with van der Waals surface area (Å²) in [5.41, 5.74) is 5.87. The van der Waals surface area contributed by atoms with Crippen LogP contribution in [0.3, 0.4) is 0 Å². The molecule has 1 atom stereocenters. The van der Waals surface area contributed by atoms with Crippen molar-refractivity contribution in [1.29, 1.82) is 0 Å². The van der Waals surface area contributed by atoms with Crippen molar-refractivity contribution in [2.24, 2.45) is 11.1 Å². The highest BCUT2D eigenvalue weighted by Gasteiger charge is 2.42. The lowest BCUT2D eigenvalue weighted by Gasteiger charge is -2.16. The molecule has 1 fully saturated rings. The average Bonchev–Trinajstić information content (AvgIpc) is 2.96. The molecule has 0 aromatic carbocycles. The van der Waals surface area contributed by atoms with Crippen LogP contribution in [-0.4, -0.2) is 30.2 Å². The third-order valence-corrected chi connectivity index (χ3v) is 3.17. The summed E-state index contributed by atoms with van der Waals surface area (Å²) in [4.78, 5) is 11.5. The van der Waals surface area contributed by atoms with Crippen LogP contribution in [0.25, 0.3) is 0 Å². The first-order valence-electron chi connectivity index (χ1n) is 5.78. The van der Waals surface area contributed by atoms with E-state index < -0.39 is 0 Å². The number of hydrogen-bond donors (Lipinski definition) is 3. The van der Waals surface area contributed by atoms with Gasteiger partial charge in [-0.1, -0.05) is 13.3 Å². The van der Waals surface area contributed by atoms with Crippen LogP contribution in [0.2, 0.25) is 0 Å². The summed E-state index contributed by atoms with van der Waals surface area (Å²) in [6.07, 6.45) is 4.67. The standard InChI is InChI=1S/C11H22N2O2/c1-2-3-9(12)10(15)13-8-11(4-5-11)6-7-14/h9,14H,2-8,12H2,1H3,(H,13,15). The van der Waals surface area contributed by atoms with E-state index in [0.29, 0.717) is 6.54 Å². The Morgan fingerprint density at radius 3 is 2.73 bits per heavy atom. The lowest BCUT2D eigenvalue weighted by Crippen LogP contribution is -2.42. The van der Waals surface area contributed by atoms with Crippen molar-refractivity contribution in [2.75, 3.05) is 13.2 Å². The summed E-state index contributed by atoms with van der Waals surface area (Å²) in [5, 5.41) is 11.7. The van der Waals surface area contributed by atoms with Crippen LogP contribution in [-0.2, 0) is 4.79 Å². The highest BCUT2D eigenvalue weighted by atomic mass is 16.3. The summed E-state index contributed by atoms with van der Waals surface area (Å²) >= 11 is 0. The molecule has 1 rings (SSSR count). The highest BCUT2D eigenvalue weighted by molar-refractivity contribution is 5.81. The van der Waals surface area contributed by atoms with E-state index in [2.05, 4.69) is 5.32 Å². The van der Waals surface area contributed by atoms with Gasteiger partial charge < -0.3 is 16.2 Å². The summed E-state index contributed by atoms with van der Waals surface area (Å²) in [5.74, 6) is -0.0546. The number of amides is 1. The number of nitrogens with two attached hydrogens (primary N) is 1. The maximum Gasteiger partial charge on any atom is 0.236 e. The van der Waals surface area contributed by atoms with E-state index in [9.17, 15) is 4.79 Å². The first-order chi connectivity index (χ1) is 7.13. The Morgan fingerprint density at radius 2 is 2.27 bits per heavy atom. The van der Waals surface area contributed by atoms with Gasteiger partial charge in [-0.15, -0.1) is 0 Å². The molecule has 4 nitrogen and oxygen atoms in total. The molecule has 0 bridgehead atoms. The van der Waals surface area contributed by atoms with Crippen molar-refractivity contribution >= 4 is 5.91 Å². The van der Waals surface area contributed by atoms with E-state index in [0.717, 1.165) is 32.1 Å². The lowest BCUT2D eigenvalue weighted by atomic mass is 10.0. The van der Waals surface area contributed by atoms with E-state index in [4.69, 9.17) is 10.8 Å². The fourth-order valence-electron chi connectivity index (χ4n) is 1.78. The summed E-state index contributed by atoms with van der Waals surface area (Å²) in [6.45, 7) is 2.89. The Hall–Kier alpha value is -0.610. The molecule has 0 heterocycles. The van der Waals surface area contributed by atoms with Gasteiger partial charge in [0.05, 0.1) is 6.04 Å². The second kappa shape index (κ2) is 5.47. The zero-order valence-electron chi connectivity index (χ0n) is 9.46. The van der Waals surface area contributed by atoms with Crippen LogP contribution >= 0.6 is 0 Å². The third kappa shape index (κ3) is 3.80. The molecule has 1 aliphatic carbocycles. The molecule has 1 unspecified atom stereocenters. The Labute approximate surface area is 91.2 Å². The third-order valence-electron chi connectivity index (χ3n) is 3.17. The number of rotatable bonds is 7. The SMILES string of the molecule is CCCC(N)C(=O)NCC1(CCO)CC1. The molecule has 0 radical (unpaired) electrons. The summed E-state index contributed by atoms with van der Waals surface area (Å²) in [6, 6.07) is -0.375. The fourth-order valence-corrected chi connectivity index (χ4v) is 1.78. The van der Waals surface area contributed by atoms with Crippen molar-refractivity contribution in [1.82, 2.24) is 5.32 Å². The number of aliphatic hydroxyl groups is 1. The van der Waals surface area contributed by atoms with Crippen molar-refractivity contribution in [3.63, 3.8) is 0 Å². The Bertz CT molecular complexity index is 215. The van der Waals surface area contributed by atoms with E-state index in [-0.39, 0.29) is 24.0 Å². The molecule has 0 aliphatic heterocycles. The average molecular weight is 214 g/mol. The molecule has 0 saturated heterocycles. The lowest BCUT2D eigenvalue weighted by molar-refractivity contribution is -0.122. The van der Waals surface area contributed by atoms with Crippen LogP contribution < -0.4 is 11.1 Å². The zero-order valence-corrected chi connectivity index (χ0v) is 9.46. The van der Waals surface area contributed by atoms with Gasteiger partial charge in [0.15, 0.2) is 0 Å². The van der Waals surface area contributed by atoms with E-state index >= 15 is 0 Å². The van der Waals surface area contributed by atoms with Gasteiger partial charge in [-0.05, 0) is 31.1 Å². The van der Waals surface area contributed by atoms with Crippen molar-refractivity contribution in [3.05, 3.63) is 0 Å². The van der Waals surface area contributed by atoms with Gasteiger partial charge in [0.2, 0.25) is 5.91 Å². The maximum absolute atomic E-state index is 11.5. The molecule has 88 valence electrons. The quantitative estimate of drug-likeness (QED) is 0.574. The van der Waals surface area contributed by atoms with Crippen molar-refractivity contribution in [2.45, 2.75) is 45.1 Å². The zero-order chi connectivity index (χ0) is 11.3. The second-order valence-corrected chi connectivity index (χ2v) is 4.59. The molecular weight excluding hydrogens is 192 g/mol. The highest BCUT2D eigenvalue weighted by Crippen LogP contribution is 2.47. The summed E-state index contributed by atoms with van der Waals surface area (Å²) in [7, 11) is 0. The van der Waals surface area contributed by atoms with Crippen LogP contribution in [0.4, 0.5) is 0 Å². The molecule has 1 aliphatic rings. The van der Waals surface area contributed by atoms with E-state index in [1.165, 1.54) is 0 Å². The topological polar surface area (TPSA) is 75.4 Å². The van der Waals surface area contributed by atoms with Crippen LogP contribution in [0.1, 0.15) is 39.0 Å². The normalized spacial score (nSPS) is 19.7. The number of carbonyl (C=O) groups excluding carboxylic acids is 1. The van der Waals surface area contributed by atoms with Crippen LogP contribution in [0.5, 0.6) is 0 Å². The summed E-state index contributed by atoms with van der Waals surface area (Å²) < 4.78 is 0. The molecular formula is C11H22N2O2. The van der Waals surface area contributed by atoms with Crippen LogP contribution in [0, 0.1) is 5.41 Å². The molecule has 0 spiro atoms. The van der Waals surface area contributed by atoms with Gasteiger partial charge in [-0.2, -0.15) is 0 Å². The predicted octanol–water partition coefficient (Wildman–Crippen LogP) is 0.393. The minimum atomic E-state index is -0.375. The molecule has 0 aromatic rings. The van der Waals surface area contributed by atoms with Gasteiger partial charge >= 0.3 is 0 Å². The van der Waals surface area contributed by atoms with Gasteiger partial charge in [0.1, 0.15) is 0 Å². The Kier molecular flexibility index (Phi) is 4.54. The number of aliphatic hydroxyl groups excluding tert-OH is 1. The first-order valence-corrected chi connectivity index (χ1v) is 5.78. The van der Waals surface area contributed by atoms with Gasteiger partial charge in [-0.3, -0.25) is 4.79 Å². The van der Waals surface area contributed by atoms with Crippen LogP contribution in [0.15, 0.2) is 0 Å². The molecule has 1 saturated carbocycles. The molecule has 4 heteroatoms. The molecule has 15 heavy (non-hydrogen) atoms. The van der Waals surface area contributed by atoms with Gasteiger partial charge in [0, 0.05) is 13.2 Å². The Morgan fingerprint density at radius 1 is 1.60 bits per heavy atom. The fraction of sp³-hybridized carbons (Fsp3) is 0.909. The number of carbonyl (C=O) groups is 1. The first kappa shape index (κ1) is 12.5. The maximum atomic E-state index is 11.5. The minimum absolute atomic E-state index is 0.0546. The largest absolute Gasteiger partial charge is 0.396 e. The molecule has 1 amide bonds. The van der Waals surface area contributed by atoms with Gasteiger partial charge in [0.25, 0.3) is 0 Å². The van der Waals surface area contributed by atoms with Crippen molar-refractivity contribution in [3.8, 4) is 0 Å². The smallest absolute Gasteiger partial charge is 0.236 e. The van der Waals surface area contributed by atoms with Crippen molar-refractivity contribution < 1.29 is 9.90 Å². The molecule has 4 N–H and O–H groups in total. The predicted molar refractivity (Wildman–Crippen MR) is 59.3 cm³/mol. The van der Waals surface area contributed by atoms with Gasteiger partial charge in [-0.25, -0.2) is 0 Å². The monoisotopic (exact) mass is 214 g/mol. The Balaban J connectivity index is 2.22. The minimum Gasteiger partial charge on any atom is -0.396 e. The number of nitrogens with one attached hydrogen (secondary N) is 1. The second-order valence-electron chi connectivity index (χ2n) is 4.59. The number of hydrogen-bond acceptors (Lipinski definition) is 3. The molecule has 0 aromatic heterocycles. The van der Waals surface area contributed by atoms with E-state index in [1.807, 2.05) is 6.92 Å².